The predicted octanol–water partition coefficient (Wildman–Crippen LogP) is 6.63. The van der Waals surface area contributed by atoms with Crippen molar-refractivity contribution in [2.75, 3.05) is 7.11 Å². The molecule has 4 rings (SSSR count). The van der Waals surface area contributed by atoms with Crippen molar-refractivity contribution in [3.63, 3.8) is 0 Å². The van der Waals surface area contributed by atoms with Gasteiger partial charge in [-0.2, -0.15) is 0 Å². The number of methoxy groups -OCH3 is 1. The third-order valence-electron chi connectivity index (χ3n) is 7.13. The molecule has 0 heterocycles. The number of rotatable bonds is 10. The van der Waals surface area contributed by atoms with Crippen LogP contribution >= 0.6 is 23.2 Å². The summed E-state index contributed by atoms with van der Waals surface area (Å²) in [4.78, 5) is 29.5. The SMILES string of the molecule is COc1ccc(CC(=O)N(Cc2c(Cl)cccc2Cl)[C@@H](Cc2ccccc2)C(=O)NC2CCCCC2)cc1. The van der Waals surface area contributed by atoms with Crippen molar-refractivity contribution in [2.24, 2.45) is 0 Å². The summed E-state index contributed by atoms with van der Waals surface area (Å²) in [5, 5.41) is 4.18. The van der Waals surface area contributed by atoms with Crippen LogP contribution in [0.2, 0.25) is 10.0 Å². The summed E-state index contributed by atoms with van der Waals surface area (Å²) >= 11 is 13.1. The van der Waals surface area contributed by atoms with Gasteiger partial charge < -0.3 is 15.0 Å². The molecule has 1 aliphatic carbocycles. The molecule has 0 saturated heterocycles. The number of carbonyl (C=O) groups is 2. The highest BCUT2D eigenvalue weighted by atomic mass is 35.5. The van der Waals surface area contributed by atoms with E-state index in [0.717, 1.165) is 42.6 Å². The molecule has 0 radical (unpaired) electrons. The average Bonchev–Trinajstić information content (AvgIpc) is 2.93. The van der Waals surface area contributed by atoms with Gasteiger partial charge in [0, 0.05) is 34.6 Å². The van der Waals surface area contributed by atoms with Crippen LogP contribution in [0.1, 0.15) is 48.8 Å². The first-order chi connectivity index (χ1) is 18.4. The Morgan fingerprint density at radius 2 is 1.55 bits per heavy atom. The van der Waals surface area contributed by atoms with Crippen LogP contribution in [0, 0.1) is 0 Å². The van der Waals surface area contributed by atoms with Crippen LogP contribution in [-0.2, 0) is 29.0 Å². The number of nitrogens with one attached hydrogen (secondary N) is 1. The molecule has 1 fully saturated rings. The van der Waals surface area contributed by atoms with E-state index < -0.39 is 6.04 Å². The molecule has 0 unspecified atom stereocenters. The summed E-state index contributed by atoms with van der Waals surface area (Å²) in [6.45, 7) is 0.128. The second-order valence-electron chi connectivity index (χ2n) is 9.80. The number of nitrogens with zero attached hydrogens (tertiary/aromatic N) is 1. The zero-order valence-electron chi connectivity index (χ0n) is 21.7. The molecule has 5 nitrogen and oxygen atoms in total. The van der Waals surface area contributed by atoms with Gasteiger partial charge >= 0.3 is 0 Å². The van der Waals surface area contributed by atoms with Gasteiger partial charge in [0.1, 0.15) is 11.8 Å². The van der Waals surface area contributed by atoms with E-state index in [1.54, 1.807) is 30.2 Å². The van der Waals surface area contributed by atoms with Crippen molar-refractivity contribution in [1.29, 1.82) is 0 Å². The van der Waals surface area contributed by atoms with Gasteiger partial charge in [0.25, 0.3) is 0 Å². The Morgan fingerprint density at radius 1 is 0.895 bits per heavy atom. The number of hydrogen-bond acceptors (Lipinski definition) is 3. The van der Waals surface area contributed by atoms with Crippen molar-refractivity contribution in [3.05, 3.63) is 99.5 Å². The monoisotopic (exact) mass is 552 g/mol. The van der Waals surface area contributed by atoms with Gasteiger partial charge in [0.2, 0.25) is 11.8 Å². The Labute approximate surface area is 235 Å². The Morgan fingerprint density at radius 3 is 2.18 bits per heavy atom. The highest BCUT2D eigenvalue weighted by Crippen LogP contribution is 2.28. The summed E-state index contributed by atoms with van der Waals surface area (Å²) in [6, 6.07) is 21.9. The molecule has 1 atom stereocenters. The van der Waals surface area contributed by atoms with Gasteiger partial charge in [-0.05, 0) is 48.2 Å². The summed E-state index contributed by atoms with van der Waals surface area (Å²) in [5.74, 6) is 0.396. The van der Waals surface area contributed by atoms with Crippen molar-refractivity contribution < 1.29 is 14.3 Å². The zero-order valence-corrected chi connectivity index (χ0v) is 23.2. The normalized spacial score (nSPS) is 14.5. The number of hydrogen-bond donors (Lipinski definition) is 1. The summed E-state index contributed by atoms with van der Waals surface area (Å²) in [7, 11) is 1.61. The first kappa shape index (κ1) is 28.0. The molecule has 3 aromatic carbocycles. The zero-order chi connectivity index (χ0) is 26.9. The van der Waals surface area contributed by atoms with Crippen molar-refractivity contribution in [2.45, 2.75) is 63.6 Å². The molecule has 1 N–H and O–H groups in total. The van der Waals surface area contributed by atoms with Crippen LogP contribution < -0.4 is 10.1 Å². The predicted molar refractivity (Wildman–Crippen MR) is 153 cm³/mol. The Bertz CT molecular complexity index is 1190. The third-order valence-corrected chi connectivity index (χ3v) is 7.84. The minimum atomic E-state index is -0.725. The van der Waals surface area contributed by atoms with Crippen molar-refractivity contribution in [1.82, 2.24) is 10.2 Å². The van der Waals surface area contributed by atoms with E-state index in [-0.39, 0.29) is 30.8 Å². The van der Waals surface area contributed by atoms with E-state index in [9.17, 15) is 9.59 Å². The lowest BCUT2D eigenvalue weighted by Gasteiger charge is -2.34. The summed E-state index contributed by atoms with van der Waals surface area (Å²) in [5.41, 5.74) is 2.43. The molecule has 38 heavy (non-hydrogen) atoms. The quantitative estimate of drug-likeness (QED) is 0.307. The lowest BCUT2D eigenvalue weighted by Crippen LogP contribution is -2.53. The molecule has 1 saturated carbocycles. The molecule has 0 spiro atoms. The maximum absolute atomic E-state index is 14.0. The van der Waals surface area contributed by atoms with E-state index in [1.807, 2.05) is 54.6 Å². The summed E-state index contributed by atoms with van der Waals surface area (Å²) in [6.07, 6.45) is 5.83. The molecule has 7 heteroatoms. The Hall–Kier alpha value is -3.02. The molecule has 1 aliphatic rings. The maximum Gasteiger partial charge on any atom is 0.243 e. The maximum atomic E-state index is 14.0. The van der Waals surface area contributed by atoms with Gasteiger partial charge in [-0.1, -0.05) is 91.0 Å². The van der Waals surface area contributed by atoms with Gasteiger partial charge in [-0.3, -0.25) is 9.59 Å². The second-order valence-corrected chi connectivity index (χ2v) is 10.6. The smallest absolute Gasteiger partial charge is 0.243 e. The second kappa shape index (κ2) is 13.7. The fourth-order valence-electron chi connectivity index (χ4n) is 4.97. The van der Waals surface area contributed by atoms with E-state index in [1.165, 1.54) is 6.42 Å². The molecular formula is C31H34Cl2N2O3. The molecule has 2 amide bonds. The molecule has 0 bridgehead atoms. The number of amides is 2. The van der Waals surface area contributed by atoms with E-state index in [2.05, 4.69) is 5.32 Å². The number of benzene rings is 3. The fraction of sp³-hybridized carbons (Fsp3) is 0.355. The summed E-state index contributed by atoms with van der Waals surface area (Å²) < 4.78 is 5.26. The minimum absolute atomic E-state index is 0.122. The van der Waals surface area contributed by atoms with Crippen LogP contribution in [-0.4, -0.2) is 35.9 Å². The Balaban J connectivity index is 1.68. The first-order valence-corrected chi connectivity index (χ1v) is 13.9. The minimum Gasteiger partial charge on any atom is -0.497 e. The standard InChI is InChI=1S/C31H34Cl2N2O3/c1-38-25-17-15-23(16-18-25)20-30(36)35(21-26-27(32)13-8-14-28(26)33)29(19-22-9-4-2-5-10-22)31(37)34-24-11-6-3-7-12-24/h2,4-5,8-10,13-18,24,29H,3,6-7,11-12,19-21H2,1H3,(H,34,37)/t29-/m0/s1. The van der Waals surface area contributed by atoms with Crippen LogP contribution in [0.15, 0.2) is 72.8 Å². The van der Waals surface area contributed by atoms with Crippen LogP contribution in [0.3, 0.4) is 0 Å². The molecule has 0 aromatic heterocycles. The number of halogens is 2. The van der Waals surface area contributed by atoms with E-state index in [0.29, 0.717) is 22.0 Å². The van der Waals surface area contributed by atoms with E-state index >= 15 is 0 Å². The largest absolute Gasteiger partial charge is 0.497 e. The molecule has 0 aliphatic heterocycles. The number of carbonyl (C=O) groups excluding carboxylic acids is 2. The van der Waals surface area contributed by atoms with Crippen LogP contribution in [0.4, 0.5) is 0 Å². The lowest BCUT2D eigenvalue weighted by molar-refractivity contribution is -0.141. The molecule has 200 valence electrons. The van der Waals surface area contributed by atoms with Gasteiger partial charge in [0.05, 0.1) is 13.5 Å². The van der Waals surface area contributed by atoms with Crippen molar-refractivity contribution >= 4 is 35.0 Å². The van der Waals surface area contributed by atoms with Crippen molar-refractivity contribution in [3.8, 4) is 5.75 Å². The number of ether oxygens (including phenoxy) is 1. The highest BCUT2D eigenvalue weighted by Gasteiger charge is 2.32. The van der Waals surface area contributed by atoms with Gasteiger partial charge in [-0.25, -0.2) is 0 Å². The average molecular weight is 554 g/mol. The first-order valence-electron chi connectivity index (χ1n) is 13.1. The highest BCUT2D eigenvalue weighted by molar-refractivity contribution is 6.36. The van der Waals surface area contributed by atoms with Gasteiger partial charge in [-0.15, -0.1) is 0 Å². The van der Waals surface area contributed by atoms with Crippen LogP contribution in [0.5, 0.6) is 5.75 Å². The fourth-order valence-corrected chi connectivity index (χ4v) is 5.49. The molecule has 3 aromatic rings. The topological polar surface area (TPSA) is 58.6 Å². The molecular weight excluding hydrogens is 519 g/mol. The van der Waals surface area contributed by atoms with E-state index in [4.69, 9.17) is 27.9 Å². The van der Waals surface area contributed by atoms with Crippen LogP contribution in [0.25, 0.3) is 0 Å². The van der Waals surface area contributed by atoms with Gasteiger partial charge in [0.15, 0.2) is 0 Å². The third kappa shape index (κ3) is 7.52. The lowest BCUT2D eigenvalue weighted by atomic mass is 9.94. The Kier molecular flexibility index (Phi) is 10.1.